The maximum atomic E-state index is 11.8. The molecular formula is C10H11NO7S2. The lowest BCUT2D eigenvalue weighted by molar-refractivity contribution is -0.117. The van der Waals surface area contributed by atoms with E-state index in [0.717, 1.165) is 12.2 Å². The van der Waals surface area contributed by atoms with Gasteiger partial charge in [0.2, 0.25) is 0 Å². The summed E-state index contributed by atoms with van der Waals surface area (Å²) in [4.78, 5) is 10.7. The average molecular weight is 321 g/mol. The quantitative estimate of drug-likeness (QED) is 0.588. The minimum Gasteiger partial charge on any atom is -0.401 e. The first-order valence-corrected chi connectivity index (χ1v) is 8.26. The van der Waals surface area contributed by atoms with Crippen molar-refractivity contribution in [3.63, 3.8) is 0 Å². The minimum absolute atomic E-state index is 0.130. The van der Waals surface area contributed by atoms with Gasteiger partial charge in [-0.25, -0.2) is 0 Å². The van der Waals surface area contributed by atoms with Gasteiger partial charge in [0.1, 0.15) is 4.91 Å². The van der Waals surface area contributed by atoms with Gasteiger partial charge in [-0.3, -0.25) is 13.9 Å². The lowest BCUT2D eigenvalue weighted by Gasteiger charge is -2.27. The van der Waals surface area contributed by atoms with Crippen LogP contribution in [0.25, 0.3) is 0 Å². The predicted molar refractivity (Wildman–Crippen MR) is 68.2 cm³/mol. The van der Waals surface area contributed by atoms with E-state index in [-0.39, 0.29) is 24.1 Å². The molecule has 0 saturated carbocycles. The van der Waals surface area contributed by atoms with Gasteiger partial charge in [-0.2, -0.15) is 16.8 Å². The number of carbonyl (C=O) groups is 1. The zero-order chi connectivity index (χ0) is 15.3. The molecule has 0 fully saturated rings. The Bertz CT molecular complexity index is 783. The van der Waals surface area contributed by atoms with Crippen LogP contribution in [0.15, 0.2) is 33.2 Å². The molecule has 110 valence electrons. The van der Waals surface area contributed by atoms with E-state index < -0.39 is 41.7 Å². The largest absolute Gasteiger partial charge is 0.401 e. The average Bonchev–Trinajstić information content (AvgIpc) is 2.26. The Kier molecular flexibility index (Phi) is 3.37. The van der Waals surface area contributed by atoms with Crippen molar-refractivity contribution >= 4 is 26.0 Å². The normalized spacial score (nSPS) is 24.1. The Labute approximate surface area is 115 Å². The van der Waals surface area contributed by atoms with Crippen molar-refractivity contribution in [2.45, 2.75) is 12.8 Å². The van der Waals surface area contributed by atoms with E-state index in [0.29, 0.717) is 0 Å². The molecular weight excluding hydrogens is 310 g/mol. The Morgan fingerprint density at radius 1 is 1.10 bits per heavy atom. The number of nitrogens with two attached hydrogens (primary N) is 1. The Hall–Kier alpha value is -1.49. The molecule has 0 aromatic rings. The summed E-state index contributed by atoms with van der Waals surface area (Å²) in [5.41, 5.74) is 5.51. The maximum Gasteiger partial charge on any atom is 0.296 e. The number of hydrogen-bond donors (Lipinski definition) is 3. The first-order valence-electron chi connectivity index (χ1n) is 5.38. The highest BCUT2D eigenvalue weighted by atomic mass is 32.2. The Morgan fingerprint density at radius 2 is 1.70 bits per heavy atom. The summed E-state index contributed by atoms with van der Waals surface area (Å²) >= 11 is 0. The summed E-state index contributed by atoms with van der Waals surface area (Å²) in [5.74, 6) is -1.36. The zero-order valence-electron chi connectivity index (χ0n) is 9.98. The van der Waals surface area contributed by atoms with E-state index in [1.807, 2.05) is 0 Å². The molecule has 1 atom stereocenters. The van der Waals surface area contributed by atoms with E-state index >= 15 is 0 Å². The number of rotatable bonds is 2. The van der Waals surface area contributed by atoms with Crippen LogP contribution in [0.5, 0.6) is 0 Å². The third-order valence-corrected chi connectivity index (χ3v) is 5.00. The van der Waals surface area contributed by atoms with Gasteiger partial charge in [-0.15, -0.1) is 0 Å². The smallest absolute Gasteiger partial charge is 0.296 e. The molecule has 0 aliphatic heterocycles. The summed E-state index contributed by atoms with van der Waals surface area (Å²) in [7, 11) is -9.10. The monoisotopic (exact) mass is 321 g/mol. The van der Waals surface area contributed by atoms with E-state index in [2.05, 4.69) is 0 Å². The fourth-order valence-electron chi connectivity index (χ4n) is 2.19. The summed E-state index contributed by atoms with van der Waals surface area (Å²) < 4.78 is 62.3. The second-order valence-corrected chi connectivity index (χ2v) is 7.37. The lowest BCUT2D eigenvalue weighted by Crippen LogP contribution is -2.28. The molecule has 0 amide bonds. The molecule has 0 bridgehead atoms. The lowest BCUT2D eigenvalue weighted by atomic mass is 9.81. The van der Waals surface area contributed by atoms with Crippen LogP contribution in [0.3, 0.4) is 0 Å². The summed E-state index contributed by atoms with van der Waals surface area (Å²) in [6, 6.07) is 0. The highest BCUT2D eigenvalue weighted by Crippen LogP contribution is 2.37. The first kappa shape index (κ1) is 14.9. The molecule has 0 radical (unpaired) electrons. The number of allylic oxidation sites excluding steroid dienone is 5. The van der Waals surface area contributed by atoms with Gasteiger partial charge in [0.15, 0.2) is 5.78 Å². The zero-order valence-corrected chi connectivity index (χ0v) is 11.6. The number of fused-ring (bicyclic) bond motifs is 1. The van der Waals surface area contributed by atoms with Gasteiger partial charge in [-0.05, 0) is 12.2 Å². The highest BCUT2D eigenvalue weighted by molar-refractivity contribution is 7.90. The molecule has 2 rings (SSSR count). The molecule has 0 saturated heterocycles. The van der Waals surface area contributed by atoms with E-state index in [4.69, 9.17) is 14.8 Å². The summed E-state index contributed by atoms with van der Waals surface area (Å²) in [6.07, 6.45) is 1.36. The van der Waals surface area contributed by atoms with Crippen LogP contribution in [0.2, 0.25) is 0 Å². The fraction of sp³-hybridized carbons (Fsp3) is 0.300. The molecule has 2 aliphatic carbocycles. The van der Waals surface area contributed by atoms with Gasteiger partial charge in [0.25, 0.3) is 20.2 Å². The van der Waals surface area contributed by atoms with Crippen molar-refractivity contribution in [1.29, 1.82) is 0 Å². The van der Waals surface area contributed by atoms with Crippen LogP contribution in [0.1, 0.15) is 12.8 Å². The fourth-order valence-corrected chi connectivity index (χ4v) is 3.52. The van der Waals surface area contributed by atoms with Crippen LogP contribution < -0.4 is 5.73 Å². The molecule has 0 spiro atoms. The summed E-state index contributed by atoms with van der Waals surface area (Å²) in [6.45, 7) is 0. The number of hydrogen-bond acceptors (Lipinski definition) is 6. The number of ketones is 1. The highest BCUT2D eigenvalue weighted by Gasteiger charge is 2.36. The first-order chi connectivity index (χ1) is 9.00. The van der Waals surface area contributed by atoms with Crippen molar-refractivity contribution in [2.24, 2.45) is 11.7 Å². The SMILES string of the molecule is NC1=C(S(=O)(=O)O)C=C2CC(S(=O)(=O)O)=CC(=O)C2C1. The molecule has 20 heavy (non-hydrogen) atoms. The Morgan fingerprint density at radius 3 is 2.20 bits per heavy atom. The number of carbonyl (C=O) groups excluding carboxylic acids is 1. The molecule has 4 N–H and O–H groups in total. The maximum absolute atomic E-state index is 11.8. The van der Waals surface area contributed by atoms with E-state index in [9.17, 15) is 21.6 Å². The molecule has 8 nitrogen and oxygen atoms in total. The minimum atomic E-state index is -4.56. The van der Waals surface area contributed by atoms with Crippen molar-refractivity contribution in [3.8, 4) is 0 Å². The topological polar surface area (TPSA) is 152 Å². The van der Waals surface area contributed by atoms with Crippen molar-refractivity contribution < 1.29 is 30.7 Å². The molecule has 2 aliphatic rings. The van der Waals surface area contributed by atoms with Gasteiger partial charge < -0.3 is 5.73 Å². The van der Waals surface area contributed by atoms with Gasteiger partial charge >= 0.3 is 0 Å². The van der Waals surface area contributed by atoms with Crippen LogP contribution in [-0.2, 0) is 25.0 Å². The van der Waals surface area contributed by atoms with Gasteiger partial charge in [0.05, 0.1) is 4.91 Å². The predicted octanol–water partition coefficient (Wildman–Crippen LogP) is -0.265. The van der Waals surface area contributed by atoms with Gasteiger partial charge in [0, 0.05) is 24.5 Å². The second kappa shape index (κ2) is 4.52. The molecule has 0 aromatic carbocycles. The van der Waals surface area contributed by atoms with Crippen molar-refractivity contribution in [3.05, 3.63) is 33.2 Å². The molecule has 0 aromatic heterocycles. The third kappa shape index (κ3) is 2.68. The molecule has 1 unspecified atom stereocenters. The van der Waals surface area contributed by atoms with Gasteiger partial charge in [-0.1, -0.05) is 5.57 Å². The van der Waals surface area contributed by atoms with E-state index in [1.54, 1.807) is 0 Å². The van der Waals surface area contributed by atoms with Crippen molar-refractivity contribution in [2.75, 3.05) is 0 Å². The summed E-state index contributed by atoms with van der Waals surface area (Å²) in [5, 5.41) is 0. The Balaban J connectivity index is 2.53. The van der Waals surface area contributed by atoms with Crippen LogP contribution >= 0.6 is 0 Å². The van der Waals surface area contributed by atoms with Crippen LogP contribution in [0.4, 0.5) is 0 Å². The van der Waals surface area contributed by atoms with Crippen molar-refractivity contribution in [1.82, 2.24) is 0 Å². The molecule has 10 heteroatoms. The van der Waals surface area contributed by atoms with Crippen LogP contribution in [0, 0.1) is 5.92 Å². The standard InChI is InChI=1S/C10H11NO7S2/c11-8-4-7-5(2-10(8)20(16,17)18)1-6(3-9(7)12)19(13,14)15/h2-3,7H,1,4,11H2,(H,13,14,15)(H,16,17,18). The molecule has 0 heterocycles. The second-order valence-electron chi connectivity index (χ2n) is 4.51. The van der Waals surface area contributed by atoms with Crippen LogP contribution in [-0.4, -0.2) is 31.7 Å². The third-order valence-electron chi connectivity index (χ3n) is 3.14. The van der Waals surface area contributed by atoms with E-state index in [1.165, 1.54) is 0 Å².